The Kier molecular flexibility index (Phi) is 8.11. The first-order valence-corrected chi connectivity index (χ1v) is 9.90. The first-order chi connectivity index (χ1) is 13.3. The first-order valence-electron chi connectivity index (χ1n) is 9.90. The van der Waals surface area contributed by atoms with E-state index < -0.39 is 5.60 Å². The molecular formula is C21H34N4O3. The molecule has 0 bridgehead atoms. The molecule has 7 heteroatoms. The van der Waals surface area contributed by atoms with E-state index >= 15 is 0 Å². The Morgan fingerprint density at radius 3 is 2.75 bits per heavy atom. The van der Waals surface area contributed by atoms with E-state index in [1.165, 1.54) is 0 Å². The van der Waals surface area contributed by atoms with Crippen LogP contribution in [0, 0.1) is 0 Å². The number of amides is 1. The van der Waals surface area contributed by atoms with Crippen LogP contribution in [0.5, 0.6) is 0 Å². The molecule has 1 aliphatic rings. The van der Waals surface area contributed by atoms with Crippen LogP contribution >= 0.6 is 0 Å². The Morgan fingerprint density at radius 1 is 1.32 bits per heavy atom. The number of nitrogens with one attached hydrogen (secondary N) is 2. The van der Waals surface area contributed by atoms with E-state index in [0.717, 1.165) is 43.1 Å². The van der Waals surface area contributed by atoms with Gasteiger partial charge >= 0.3 is 6.09 Å². The molecule has 1 saturated heterocycles. The molecule has 0 saturated carbocycles. The summed E-state index contributed by atoms with van der Waals surface area (Å²) in [6, 6.07) is 8.33. The number of guanidine groups is 1. The lowest BCUT2D eigenvalue weighted by molar-refractivity contribution is 0.0507. The number of rotatable bonds is 6. The van der Waals surface area contributed by atoms with Gasteiger partial charge in [-0.25, -0.2) is 9.79 Å². The Labute approximate surface area is 168 Å². The van der Waals surface area contributed by atoms with Crippen molar-refractivity contribution in [3.8, 4) is 0 Å². The van der Waals surface area contributed by atoms with Crippen molar-refractivity contribution in [3.63, 3.8) is 0 Å². The molecule has 28 heavy (non-hydrogen) atoms. The molecule has 1 aromatic rings. The summed E-state index contributed by atoms with van der Waals surface area (Å²) in [5, 5.41) is 6.31. The van der Waals surface area contributed by atoms with Gasteiger partial charge in [-0.2, -0.15) is 0 Å². The summed E-state index contributed by atoms with van der Waals surface area (Å²) in [5.41, 5.74) is 1.80. The van der Waals surface area contributed by atoms with Crippen molar-refractivity contribution in [2.45, 2.75) is 58.9 Å². The highest BCUT2D eigenvalue weighted by Gasteiger charge is 2.27. The standard InChI is InChI=1S/C21H34N4O3/c1-6-22-19(23-13-16-8-7-9-17(12-16)15-27-5)25-11-10-18(14-25)24-20(26)28-21(2,3)4/h7-9,12,18H,6,10-11,13-15H2,1-5H3,(H,22,23)(H,24,26). The zero-order valence-corrected chi connectivity index (χ0v) is 17.7. The maximum absolute atomic E-state index is 12.0. The second-order valence-corrected chi connectivity index (χ2v) is 8.00. The van der Waals surface area contributed by atoms with E-state index in [-0.39, 0.29) is 12.1 Å². The van der Waals surface area contributed by atoms with Crippen LogP contribution in [0.4, 0.5) is 4.79 Å². The fourth-order valence-corrected chi connectivity index (χ4v) is 3.12. The molecule has 0 spiro atoms. The van der Waals surface area contributed by atoms with Gasteiger partial charge in [0.15, 0.2) is 5.96 Å². The zero-order valence-electron chi connectivity index (χ0n) is 17.7. The van der Waals surface area contributed by atoms with Crippen molar-refractivity contribution in [2.24, 2.45) is 4.99 Å². The molecule has 0 radical (unpaired) electrons. The molecule has 1 unspecified atom stereocenters. The number of alkyl carbamates (subject to hydrolysis) is 1. The molecule has 1 aliphatic heterocycles. The summed E-state index contributed by atoms with van der Waals surface area (Å²) in [5.74, 6) is 0.869. The van der Waals surface area contributed by atoms with Crippen molar-refractivity contribution < 1.29 is 14.3 Å². The minimum Gasteiger partial charge on any atom is -0.444 e. The SMILES string of the molecule is CCNC(=NCc1cccc(COC)c1)N1CCC(NC(=O)OC(C)(C)C)C1. The van der Waals surface area contributed by atoms with Crippen LogP contribution in [0.15, 0.2) is 29.3 Å². The molecule has 1 fully saturated rings. The third kappa shape index (κ3) is 7.38. The fraction of sp³-hybridized carbons (Fsp3) is 0.619. The number of ether oxygens (including phenoxy) is 2. The Bertz CT molecular complexity index is 670. The van der Waals surface area contributed by atoms with Gasteiger partial charge in [-0.1, -0.05) is 24.3 Å². The summed E-state index contributed by atoms with van der Waals surface area (Å²) in [4.78, 5) is 19.0. The lowest BCUT2D eigenvalue weighted by atomic mass is 10.1. The number of likely N-dealkylation sites (tertiary alicyclic amines) is 1. The number of aliphatic imine (C=N–C) groups is 1. The van der Waals surface area contributed by atoms with Crippen LogP contribution in [-0.4, -0.2) is 55.3 Å². The summed E-state index contributed by atoms with van der Waals surface area (Å²) >= 11 is 0. The van der Waals surface area contributed by atoms with E-state index in [1.807, 2.05) is 26.8 Å². The van der Waals surface area contributed by atoms with Gasteiger partial charge in [0, 0.05) is 26.7 Å². The van der Waals surface area contributed by atoms with Gasteiger partial charge in [-0.05, 0) is 45.2 Å². The Hall–Kier alpha value is -2.28. The summed E-state index contributed by atoms with van der Waals surface area (Å²) in [6.07, 6.45) is 0.503. The minimum absolute atomic E-state index is 0.0590. The third-order valence-electron chi connectivity index (χ3n) is 4.26. The highest BCUT2D eigenvalue weighted by atomic mass is 16.6. The van der Waals surface area contributed by atoms with Gasteiger partial charge in [0.2, 0.25) is 0 Å². The lowest BCUT2D eigenvalue weighted by Crippen LogP contribution is -2.44. The van der Waals surface area contributed by atoms with Gasteiger partial charge in [0.1, 0.15) is 5.60 Å². The molecule has 0 aliphatic carbocycles. The van der Waals surface area contributed by atoms with E-state index in [4.69, 9.17) is 14.5 Å². The summed E-state index contributed by atoms with van der Waals surface area (Å²) in [7, 11) is 1.70. The quantitative estimate of drug-likeness (QED) is 0.577. The number of methoxy groups -OCH3 is 1. The maximum atomic E-state index is 12.0. The van der Waals surface area contributed by atoms with Crippen LogP contribution in [-0.2, 0) is 22.6 Å². The molecule has 1 heterocycles. The van der Waals surface area contributed by atoms with Crippen LogP contribution in [0.25, 0.3) is 0 Å². The normalized spacial score (nSPS) is 17.5. The lowest BCUT2D eigenvalue weighted by Gasteiger charge is -2.23. The number of benzene rings is 1. The third-order valence-corrected chi connectivity index (χ3v) is 4.26. The van der Waals surface area contributed by atoms with Crippen molar-refractivity contribution >= 4 is 12.1 Å². The molecule has 2 N–H and O–H groups in total. The van der Waals surface area contributed by atoms with E-state index in [0.29, 0.717) is 13.2 Å². The van der Waals surface area contributed by atoms with Gasteiger partial charge in [0.05, 0.1) is 19.2 Å². The molecule has 156 valence electrons. The highest BCUT2D eigenvalue weighted by molar-refractivity contribution is 5.80. The van der Waals surface area contributed by atoms with Gasteiger partial charge in [-0.3, -0.25) is 0 Å². The topological polar surface area (TPSA) is 75.2 Å². The monoisotopic (exact) mass is 390 g/mol. The average Bonchev–Trinajstić information content (AvgIpc) is 3.05. The largest absolute Gasteiger partial charge is 0.444 e. The fourth-order valence-electron chi connectivity index (χ4n) is 3.12. The maximum Gasteiger partial charge on any atom is 0.407 e. The van der Waals surface area contributed by atoms with Crippen molar-refractivity contribution in [1.29, 1.82) is 0 Å². The summed E-state index contributed by atoms with van der Waals surface area (Å²) in [6.45, 7) is 11.2. The van der Waals surface area contributed by atoms with E-state index in [2.05, 4.69) is 40.7 Å². The minimum atomic E-state index is -0.490. The van der Waals surface area contributed by atoms with Crippen molar-refractivity contribution in [1.82, 2.24) is 15.5 Å². The second-order valence-electron chi connectivity index (χ2n) is 8.00. The molecule has 1 amide bonds. The molecule has 2 rings (SSSR count). The van der Waals surface area contributed by atoms with E-state index in [1.54, 1.807) is 7.11 Å². The molecule has 1 atom stereocenters. The first kappa shape index (κ1) is 22.0. The summed E-state index contributed by atoms with van der Waals surface area (Å²) < 4.78 is 10.6. The number of carbonyl (C=O) groups excluding carboxylic acids is 1. The predicted octanol–water partition coefficient (Wildman–Crippen LogP) is 2.90. The van der Waals surface area contributed by atoms with Gasteiger partial charge in [-0.15, -0.1) is 0 Å². The van der Waals surface area contributed by atoms with Gasteiger partial charge in [0.25, 0.3) is 0 Å². The predicted molar refractivity (Wildman–Crippen MR) is 111 cm³/mol. The zero-order chi connectivity index (χ0) is 20.6. The van der Waals surface area contributed by atoms with Crippen molar-refractivity contribution in [2.75, 3.05) is 26.7 Å². The number of hydrogen-bond acceptors (Lipinski definition) is 4. The Balaban J connectivity index is 1.95. The molecule has 1 aromatic carbocycles. The highest BCUT2D eigenvalue weighted by Crippen LogP contribution is 2.13. The van der Waals surface area contributed by atoms with E-state index in [9.17, 15) is 4.79 Å². The Morgan fingerprint density at radius 2 is 2.07 bits per heavy atom. The van der Waals surface area contributed by atoms with Crippen LogP contribution in [0.2, 0.25) is 0 Å². The number of carbonyl (C=O) groups is 1. The average molecular weight is 391 g/mol. The number of hydrogen-bond donors (Lipinski definition) is 2. The second kappa shape index (κ2) is 10.3. The molecular weight excluding hydrogens is 356 g/mol. The van der Waals surface area contributed by atoms with Gasteiger partial charge < -0.3 is 25.0 Å². The molecule has 7 nitrogen and oxygen atoms in total. The van der Waals surface area contributed by atoms with Crippen LogP contribution in [0.1, 0.15) is 45.2 Å². The smallest absolute Gasteiger partial charge is 0.407 e. The molecule has 0 aromatic heterocycles. The van der Waals surface area contributed by atoms with Crippen molar-refractivity contribution in [3.05, 3.63) is 35.4 Å². The van der Waals surface area contributed by atoms with Crippen LogP contribution in [0.3, 0.4) is 0 Å². The number of nitrogens with zero attached hydrogens (tertiary/aromatic N) is 2. The van der Waals surface area contributed by atoms with Crippen LogP contribution < -0.4 is 10.6 Å².